The Kier molecular flexibility index (Phi) is 6.19. The topological polar surface area (TPSA) is 85.1 Å². The fraction of sp³-hybridized carbons (Fsp3) is 0.417. The van der Waals surface area contributed by atoms with E-state index in [0.717, 1.165) is 29.3 Å². The molecular formula is C24H27F2N3O4S. The van der Waals surface area contributed by atoms with Crippen molar-refractivity contribution in [3.05, 3.63) is 70.8 Å². The largest absolute Gasteiger partial charge is 0.497 e. The minimum absolute atomic E-state index is 0.0279. The van der Waals surface area contributed by atoms with E-state index in [0.29, 0.717) is 45.0 Å². The summed E-state index contributed by atoms with van der Waals surface area (Å²) in [6, 6.07) is 9.26. The van der Waals surface area contributed by atoms with Gasteiger partial charge >= 0.3 is 0 Å². The third-order valence-corrected chi connectivity index (χ3v) is 8.71. The van der Waals surface area contributed by atoms with E-state index in [1.807, 2.05) is 0 Å². The standard InChI is InChI=1S/C24H27F2N3O4S/c1-32-19-3-5-20(6-4-19)34(30,31)29-12-15-10-28(11-16(15)13-29)18-9-23(27)24(33-14-18)21-8-17(25)2-7-22(21)26/h2-8,18,23-24H,9-14,27H2,1H3/t18-,23+,24-/m1/s1. The number of sulfonamides is 1. The molecule has 1 fully saturated rings. The van der Waals surface area contributed by atoms with E-state index in [9.17, 15) is 17.2 Å². The van der Waals surface area contributed by atoms with Crippen LogP contribution in [0, 0.1) is 11.6 Å². The lowest BCUT2D eigenvalue weighted by atomic mass is 9.93. The first kappa shape index (κ1) is 23.4. The van der Waals surface area contributed by atoms with E-state index >= 15 is 0 Å². The van der Waals surface area contributed by atoms with Crippen LogP contribution in [0.2, 0.25) is 0 Å². The average molecular weight is 492 g/mol. The van der Waals surface area contributed by atoms with Gasteiger partial charge in [0.15, 0.2) is 0 Å². The number of ether oxygens (including phenoxy) is 2. The molecule has 3 aliphatic heterocycles. The Labute approximate surface area is 197 Å². The molecule has 2 aromatic carbocycles. The Bertz CT molecular complexity index is 1200. The van der Waals surface area contributed by atoms with Gasteiger partial charge in [-0.25, -0.2) is 17.2 Å². The summed E-state index contributed by atoms with van der Waals surface area (Å²) in [6.45, 7) is 2.35. The summed E-state index contributed by atoms with van der Waals surface area (Å²) in [6.07, 6.45) is -0.117. The van der Waals surface area contributed by atoms with Gasteiger partial charge in [-0.15, -0.1) is 0 Å². The molecule has 0 spiro atoms. The van der Waals surface area contributed by atoms with Crippen molar-refractivity contribution in [3.63, 3.8) is 0 Å². The van der Waals surface area contributed by atoms with Crippen molar-refractivity contribution in [2.45, 2.75) is 29.5 Å². The zero-order valence-corrected chi connectivity index (χ0v) is 19.6. The third-order valence-electron chi connectivity index (χ3n) is 6.90. The highest BCUT2D eigenvalue weighted by Crippen LogP contribution is 2.35. The first-order valence-electron chi connectivity index (χ1n) is 11.2. The van der Waals surface area contributed by atoms with Crippen molar-refractivity contribution in [1.29, 1.82) is 0 Å². The molecule has 2 aromatic rings. The third kappa shape index (κ3) is 4.25. The highest BCUT2D eigenvalue weighted by molar-refractivity contribution is 7.89. The predicted molar refractivity (Wildman–Crippen MR) is 122 cm³/mol. The van der Waals surface area contributed by atoms with Crippen LogP contribution in [0.1, 0.15) is 18.1 Å². The Balaban J connectivity index is 1.20. The summed E-state index contributed by atoms with van der Waals surface area (Å²) in [5.74, 6) is -0.448. The van der Waals surface area contributed by atoms with Crippen LogP contribution in [-0.4, -0.2) is 69.6 Å². The number of benzene rings is 2. The second-order valence-electron chi connectivity index (χ2n) is 9.03. The SMILES string of the molecule is COc1ccc(S(=O)(=O)N2CC3=C(CN([C@H]4CO[C@H](c5cc(F)ccc5F)[C@@H](N)C4)C3)C2)cc1. The van der Waals surface area contributed by atoms with Gasteiger partial charge in [0.05, 0.1) is 18.6 Å². The Morgan fingerprint density at radius 1 is 1.03 bits per heavy atom. The molecule has 2 N–H and O–H groups in total. The highest BCUT2D eigenvalue weighted by atomic mass is 32.2. The highest BCUT2D eigenvalue weighted by Gasteiger charge is 2.41. The Hall–Kier alpha value is -2.37. The lowest BCUT2D eigenvalue weighted by Crippen LogP contribution is -2.49. The molecule has 3 atom stereocenters. The van der Waals surface area contributed by atoms with Gasteiger partial charge in [-0.2, -0.15) is 4.31 Å². The fourth-order valence-corrected chi connectivity index (χ4v) is 6.48. The maximum Gasteiger partial charge on any atom is 0.243 e. The number of rotatable bonds is 5. The first-order valence-corrected chi connectivity index (χ1v) is 12.6. The van der Waals surface area contributed by atoms with E-state index in [-0.39, 0.29) is 16.5 Å². The lowest BCUT2D eigenvalue weighted by Gasteiger charge is -2.39. The number of hydrogen-bond acceptors (Lipinski definition) is 6. The Morgan fingerprint density at radius 2 is 1.71 bits per heavy atom. The summed E-state index contributed by atoms with van der Waals surface area (Å²) in [5, 5.41) is 0. The van der Waals surface area contributed by atoms with Crippen molar-refractivity contribution < 1.29 is 26.7 Å². The molecule has 0 saturated carbocycles. The van der Waals surface area contributed by atoms with Gasteiger partial charge < -0.3 is 15.2 Å². The fourth-order valence-electron chi connectivity index (χ4n) is 5.05. The molecule has 0 aliphatic carbocycles. The van der Waals surface area contributed by atoms with Gasteiger partial charge in [0.2, 0.25) is 10.0 Å². The van der Waals surface area contributed by atoms with Crippen LogP contribution in [0.5, 0.6) is 5.75 Å². The average Bonchev–Trinajstić information content (AvgIpc) is 3.41. The molecule has 0 unspecified atom stereocenters. The van der Waals surface area contributed by atoms with Gasteiger partial charge in [-0.05, 0) is 60.0 Å². The molecular weight excluding hydrogens is 464 g/mol. The monoisotopic (exact) mass is 491 g/mol. The van der Waals surface area contributed by atoms with Gasteiger partial charge in [-0.1, -0.05) is 0 Å². The normalized spacial score (nSPS) is 26.2. The van der Waals surface area contributed by atoms with Crippen LogP contribution in [0.3, 0.4) is 0 Å². The van der Waals surface area contributed by atoms with E-state index in [2.05, 4.69) is 4.90 Å². The van der Waals surface area contributed by atoms with Crippen molar-refractivity contribution in [2.24, 2.45) is 5.73 Å². The molecule has 0 bridgehead atoms. The summed E-state index contributed by atoms with van der Waals surface area (Å²) in [4.78, 5) is 2.48. The van der Waals surface area contributed by atoms with Crippen molar-refractivity contribution in [1.82, 2.24) is 9.21 Å². The van der Waals surface area contributed by atoms with Gasteiger partial charge in [0.1, 0.15) is 23.5 Å². The number of nitrogens with zero attached hydrogens (tertiary/aromatic N) is 2. The van der Waals surface area contributed by atoms with Crippen LogP contribution in [0.4, 0.5) is 8.78 Å². The zero-order valence-electron chi connectivity index (χ0n) is 18.8. The Morgan fingerprint density at radius 3 is 2.32 bits per heavy atom. The van der Waals surface area contributed by atoms with E-state index in [4.69, 9.17) is 15.2 Å². The van der Waals surface area contributed by atoms with Gasteiger partial charge in [-0.3, -0.25) is 4.90 Å². The van der Waals surface area contributed by atoms with E-state index in [1.54, 1.807) is 24.3 Å². The van der Waals surface area contributed by atoms with Gasteiger partial charge in [0, 0.05) is 43.8 Å². The molecule has 0 aromatic heterocycles. The minimum atomic E-state index is -3.60. The van der Waals surface area contributed by atoms with Crippen molar-refractivity contribution >= 4 is 10.0 Å². The molecule has 1 saturated heterocycles. The molecule has 10 heteroatoms. The zero-order chi connectivity index (χ0) is 24.0. The summed E-state index contributed by atoms with van der Waals surface area (Å²) in [5.41, 5.74) is 8.66. The van der Waals surface area contributed by atoms with Crippen LogP contribution in [0.25, 0.3) is 0 Å². The second kappa shape index (κ2) is 9.01. The predicted octanol–water partition coefficient (Wildman–Crippen LogP) is 2.45. The summed E-state index contributed by atoms with van der Waals surface area (Å²) >= 11 is 0. The first-order chi connectivity index (χ1) is 16.3. The molecule has 0 amide bonds. The minimum Gasteiger partial charge on any atom is -0.497 e. The second-order valence-corrected chi connectivity index (χ2v) is 11.0. The van der Waals surface area contributed by atoms with Crippen molar-refractivity contribution in [3.8, 4) is 5.75 Å². The number of hydrogen-bond donors (Lipinski definition) is 1. The van der Waals surface area contributed by atoms with Crippen LogP contribution >= 0.6 is 0 Å². The molecule has 182 valence electrons. The smallest absolute Gasteiger partial charge is 0.243 e. The summed E-state index contributed by atoms with van der Waals surface area (Å²) < 4.78 is 66.5. The molecule has 3 aliphatic rings. The summed E-state index contributed by atoms with van der Waals surface area (Å²) in [7, 11) is -2.06. The van der Waals surface area contributed by atoms with Crippen LogP contribution < -0.4 is 10.5 Å². The number of methoxy groups -OCH3 is 1. The van der Waals surface area contributed by atoms with Crippen molar-refractivity contribution in [2.75, 3.05) is 39.9 Å². The molecule has 5 rings (SSSR count). The molecule has 7 nitrogen and oxygen atoms in total. The molecule has 34 heavy (non-hydrogen) atoms. The lowest BCUT2D eigenvalue weighted by molar-refractivity contribution is -0.0467. The maximum absolute atomic E-state index is 14.2. The maximum atomic E-state index is 14.2. The quantitative estimate of drug-likeness (QED) is 0.647. The number of halogens is 2. The number of nitrogens with two attached hydrogens (primary N) is 1. The van der Waals surface area contributed by atoms with E-state index < -0.39 is 33.8 Å². The molecule has 3 heterocycles. The van der Waals surface area contributed by atoms with Crippen LogP contribution in [0.15, 0.2) is 58.5 Å². The van der Waals surface area contributed by atoms with Crippen LogP contribution in [-0.2, 0) is 14.8 Å². The van der Waals surface area contributed by atoms with Gasteiger partial charge in [0.25, 0.3) is 0 Å². The molecule has 0 radical (unpaired) electrons. The van der Waals surface area contributed by atoms with E-state index in [1.165, 1.54) is 11.4 Å².